The highest BCUT2D eigenvalue weighted by Gasteiger charge is 2.06. The van der Waals surface area contributed by atoms with E-state index in [0.717, 1.165) is 16.8 Å². The molecule has 4 rings (SSSR count). The molecule has 1 aromatic heterocycles. The van der Waals surface area contributed by atoms with E-state index < -0.39 is 0 Å². The largest absolute Gasteiger partial charge is 0.508 e. The Morgan fingerprint density at radius 1 is 0.839 bits per heavy atom. The minimum atomic E-state index is -0.224. The number of phenolic OH excluding ortho intramolecular Hbond substituents is 1. The third kappa shape index (κ3) is 5.61. The SMILES string of the molecule is O=C(COc1ccccc1)Nc1ccc(-c2ccnc(Nc3cccc(O)c3)c2)cc1. The topological polar surface area (TPSA) is 83.5 Å². The van der Waals surface area contributed by atoms with Crippen LogP contribution in [0.15, 0.2) is 97.2 Å². The average Bonchev–Trinajstić information content (AvgIpc) is 2.79. The first kappa shape index (κ1) is 20.0. The number of amides is 1. The first-order valence-electron chi connectivity index (χ1n) is 9.76. The molecule has 3 N–H and O–H groups in total. The Bertz CT molecular complexity index is 1160. The molecule has 0 atom stereocenters. The zero-order valence-electron chi connectivity index (χ0n) is 16.7. The lowest BCUT2D eigenvalue weighted by atomic mass is 10.1. The molecule has 0 bridgehead atoms. The summed E-state index contributed by atoms with van der Waals surface area (Å²) in [5, 5.41) is 15.6. The summed E-state index contributed by atoms with van der Waals surface area (Å²) in [6.07, 6.45) is 1.72. The monoisotopic (exact) mass is 411 g/mol. The van der Waals surface area contributed by atoms with Crippen LogP contribution in [0.2, 0.25) is 0 Å². The third-order valence-corrected chi connectivity index (χ3v) is 4.49. The quantitative estimate of drug-likeness (QED) is 0.389. The smallest absolute Gasteiger partial charge is 0.262 e. The summed E-state index contributed by atoms with van der Waals surface area (Å²) < 4.78 is 5.46. The Kier molecular flexibility index (Phi) is 6.09. The normalized spacial score (nSPS) is 10.3. The number of hydrogen-bond donors (Lipinski definition) is 3. The maximum atomic E-state index is 12.1. The summed E-state index contributed by atoms with van der Waals surface area (Å²) in [7, 11) is 0. The number of ether oxygens (including phenoxy) is 1. The number of hydrogen-bond acceptors (Lipinski definition) is 5. The van der Waals surface area contributed by atoms with E-state index in [1.54, 1.807) is 36.5 Å². The molecule has 0 aliphatic carbocycles. The molecule has 0 unspecified atom stereocenters. The van der Waals surface area contributed by atoms with Crippen LogP contribution in [0, 0.1) is 0 Å². The van der Waals surface area contributed by atoms with Crippen molar-refractivity contribution in [2.75, 3.05) is 17.2 Å². The van der Waals surface area contributed by atoms with Crippen LogP contribution < -0.4 is 15.4 Å². The summed E-state index contributed by atoms with van der Waals surface area (Å²) in [5.74, 6) is 1.28. The number of anilines is 3. The molecule has 4 aromatic rings. The van der Waals surface area contributed by atoms with Crippen LogP contribution in [0.4, 0.5) is 17.2 Å². The van der Waals surface area contributed by atoms with Gasteiger partial charge >= 0.3 is 0 Å². The van der Waals surface area contributed by atoms with Gasteiger partial charge in [0.2, 0.25) is 0 Å². The Morgan fingerprint density at radius 2 is 1.65 bits per heavy atom. The molecule has 6 nitrogen and oxygen atoms in total. The molecule has 0 saturated carbocycles. The van der Waals surface area contributed by atoms with Crippen molar-refractivity contribution in [1.82, 2.24) is 4.98 Å². The predicted molar refractivity (Wildman–Crippen MR) is 122 cm³/mol. The van der Waals surface area contributed by atoms with Gasteiger partial charge in [0.1, 0.15) is 17.3 Å². The molecule has 31 heavy (non-hydrogen) atoms. The van der Waals surface area contributed by atoms with Crippen LogP contribution in [-0.4, -0.2) is 22.6 Å². The van der Waals surface area contributed by atoms with Crippen LogP contribution in [-0.2, 0) is 4.79 Å². The van der Waals surface area contributed by atoms with E-state index in [-0.39, 0.29) is 18.3 Å². The molecule has 3 aromatic carbocycles. The number of nitrogens with one attached hydrogen (secondary N) is 2. The van der Waals surface area contributed by atoms with Gasteiger partial charge in [0.15, 0.2) is 6.61 Å². The number of nitrogens with zero attached hydrogens (tertiary/aromatic N) is 1. The van der Waals surface area contributed by atoms with Gasteiger partial charge < -0.3 is 20.5 Å². The highest BCUT2D eigenvalue weighted by Crippen LogP contribution is 2.25. The van der Waals surface area contributed by atoms with Gasteiger partial charge in [-0.15, -0.1) is 0 Å². The second kappa shape index (κ2) is 9.45. The Hall–Kier alpha value is -4.32. The molecular formula is C25H21N3O3. The van der Waals surface area contributed by atoms with Crippen LogP contribution in [0.5, 0.6) is 11.5 Å². The molecule has 6 heteroatoms. The van der Waals surface area contributed by atoms with Gasteiger partial charge in [-0.05, 0) is 59.7 Å². The van der Waals surface area contributed by atoms with Gasteiger partial charge in [-0.2, -0.15) is 0 Å². The van der Waals surface area contributed by atoms with Crippen molar-refractivity contribution in [3.63, 3.8) is 0 Å². The average molecular weight is 411 g/mol. The van der Waals surface area contributed by atoms with E-state index in [1.807, 2.05) is 60.7 Å². The Morgan fingerprint density at radius 3 is 2.42 bits per heavy atom. The molecule has 0 fully saturated rings. The molecule has 1 heterocycles. The molecular weight excluding hydrogens is 390 g/mol. The van der Waals surface area contributed by atoms with E-state index >= 15 is 0 Å². The second-order valence-electron chi connectivity index (χ2n) is 6.83. The van der Waals surface area contributed by atoms with Gasteiger partial charge in [0, 0.05) is 23.6 Å². The van der Waals surface area contributed by atoms with Gasteiger partial charge in [0.05, 0.1) is 0 Å². The molecule has 154 valence electrons. The molecule has 0 aliphatic heterocycles. The number of aromatic hydroxyl groups is 1. The number of benzene rings is 3. The Labute approximate surface area is 180 Å². The first-order chi connectivity index (χ1) is 15.2. The summed E-state index contributed by atoms with van der Waals surface area (Å²) >= 11 is 0. The van der Waals surface area contributed by atoms with Gasteiger partial charge in [-0.25, -0.2) is 4.98 Å². The number of aromatic nitrogens is 1. The van der Waals surface area contributed by atoms with Crippen molar-refractivity contribution in [1.29, 1.82) is 0 Å². The van der Waals surface area contributed by atoms with E-state index in [0.29, 0.717) is 17.3 Å². The fraction of sp³-hybridized carbons (Fsp3) is 0.0400. The minimum absolute atomic E-state index is 0.0554. The summed E-state index contributed by atoms with van der Waals surface area (Å²) in [4.78, 5) is 16.4. The zero-order chi connectivity index (χ0) is 21.5. The summed E-state index contributed by atoms with van der Waals surface area (Å²) in [6, 6.07) is 27.5. The van der Waals surface area contributed by atoms with Crippen LogP contribution in [0.3, 0.4) is 0 Å². The first-order valence-corrected chi connectivity index (χ1v) is 9.76. The van der Waals surface area contributed by atoms with Crippen LogP contribution in [0.1, 0.15) is 0 Å². The third-order valence-electron chi connectivity index (χ3n) is 4.49. The predicted octanol–water partition coefficient (Wildman–Crippen LogP) is 5.22. The van der Waals surface area contributed by atoms with Crippen molar-refractivity contribution in [2.24, 2.45) is 0 Å². The number of rotatable bonds is 7. The fourth-order valence-corrected chi connectivity index (χ4v) is 3.02. The zero-order valence-corrected chi connectivity index (χ0v) is 16.7. The van der Waals surface area contributed by atoms with Gasteiger partial charge in [-0.1, -0.05) is 36.4 Å². The molecule has 0 spiro atoms. The summed E-state index contributed by atoms with van der Waals surface area (Å²) in [5.41, 5.74) is 3.40. The van der Waals surface area contributed by atoms with Crippen molar-refractivity contribution in [3.05, 3.63) is 97.2 Å². The van der Waals surface area contributed by atoms with Crippen molar-refractivity contribution >= 4 is 23.1 Å². The molecule has 1 amide bonds. The van der Waals surface area contributed by atoms with Gasteiger partial charge in [-0.3, -0.25) is 4.79 Å². The van der Waals surface area contributed by atoms with E-state index in [1.165, 1.54) is 0 Å². The number of carbonyl (C=O) groups is 1. The maximum Gasteiger partial charge on any atom is 0.262 e. The lowest BCUT2D eigenvalue weighted by molar-refractivity contribution is -0.118. The van der Waals surface area contributed by atoms with Gasteiger partial charge in [0.25, 0.3) is 5.91 Å². The van der Waals surface area contributed by atoms with Crippen molar-refractivity contribution in [3.8, 4) is 22.6 Å². The van der Waals surface area contributed by atoms with Crippen LogP contribution >= 0.6 is 0 Å². The fourth-order valence-electron chi connectivity index (χ4n) is 3.02. The lowest BCUT2D eigenvalue weighted by Crippen LogP contribution is -2.20. The second-order valence-corrected chi connectivity index (χ2v) is 6.83. The van der Waals surface area contributed by atoms with E-state index in [2.05, 4.69) is 15.6 Å². The standard InChI is InChI=1S/C25H21N3O3/c29-22-6-4-5-21(16-22)27-24-15-19(13-14-26-24)18-9-11-20(12-10-18)28-25(30)17-31-23-7-2-1-3-8-23/h1-16,29H,17H2,(H,26,27)(H,28,30). The minimum Gasteiger partial charge on any atom is -0.508 e. The number of carbonyl (C=O) groups excluding carboxylic acids is 1. The number of phenols is 1. The lowest BCUT2D eigenvalue weighted by Gasteiger charge is -2.10. The molecule has 0 saturated heterocycles. The maximum absolute atomic E-state index is 12.1. The summed E-state index contributed by atoms with van der Waals surface area (Å²) in [6.45, 7) is -0.0554. The van der Waals surface area contributed by atoms with Crippen LogP contribution in [0.25, 0.3) is 11.1 Å². The highest BCUT2D eigenvalue weighted by molar-refractivity contribution is 5.92. The number of pyridine rings is 1. The Balaban J connectivity index is 1.38. The van der Waals surface area contributed by atoms with E-state index in [9.17, 15) is 9.90 Å². The highest BCUT2D eigenvalue weighted by atomic mass is 16.5. The number of para-hydroxylation sites is 1. The van der Waals surface area contributed by atoms with E-state index in [4.69, 9.17) is 4.74 Å². The van der Waals surface area contributed by atoms with Crippen molar-refractivity contribution in [2.45, 2.75) is 0 Å². The van der Waals surface area contributed by atoms with Crippen molar-refractivity contribution < 1.29 is 14.6 Å². The molecule has 0 aliphatic rings. The molecule has 0 radical (unpaired) electrons.